The fourth-order valence-electron chi connectivity index (χ4n) is 3.84. The first kappa shape index (κ1) is 16.8. The third-order valence-corrected chi connectivity index (χ3v) is 5.18. The van der Waals surface area contributed by atoms with E-state index < -0.39 is 0 Å². The molecule has 0 radical (unpaired) electrons. The van der Waals surface area contributed by atoms with Gasteiger partial charge in [0.05, 0.1) is 6.04 Å². The van der Waals surface area contributed by atoms with Crippen molar-refractivity contribution in [3.05, 3.63) is 0 Å². The quantitative estimate of drug-likeness (QED) is 0.846. The van der Waals surface area contributed by atoms with Crippen molar-refractivity contribution in [3.63, 3.8) is 0 Å². The number of rotatable bonds is 5. The molecule has 2 fully saturated rings. The number of piperidine rings is 2. The molecule has 2 rings (SSSR count). The number of nitrogens with two attached hydrogens (primary N) is 1. The van der Waals surface area contributed by atoms with Gasteiger partial charge in [0.2, 0.25) is 5.91 Å². The van der Waals surface area contributed by atoms with Crippen molar-refractivity contribution in [2.45, 2.75) is 70.9 Å². The molecule has 2 aliphatic heterocycles. The van der Waals surface area contributed by atoms with E-state index in [0.717, 1.165) is 38.9 Å². The van der Waals surface area contributed by atoms with E-state index in [1.165, 1.54) is 32.2 Å². The Kier molecular flexibility index (Phi) is 6.49. The standard InChI is InChI=1S/C17H33N3O/c1-3-7-16(18)17(21)20-11-6-9-15(13-20)12-19-10-5-4-8-14(19)2/h14-16H,3-13,18H2,1-2H3/t14-,15+,16-/m0/s1. The van der Waals surface area contributed by atoms with Gasteiger partial charge in [-0.15, -0.1) is 0 Å². The predicted molar refractivity (Wildman–Crippen MR) is 87.1 cm³/mol. The van der Waals surface area contributed by atoms with Crippen molar-refractivity contribution in [1.82, 2.24) is 9.80 Å². The van der Waals surface area contributed by atoms with Crippen molar-refractivity contribution in [2.24, 2.45) is 11.7 Å². The second-order valence-electron chi connectivity index (χ2n) is 7.03. The van der Waals surface area contributed by atoms with Gasteiger partial charge in [0.25, 0.3) is 0 Å². The lowest BCUT2D eigenvalue weighted by Crippen LogP contribution is -2.50. The second kappa shape index (κ2) is 8.14. The van der Waals surface area contributed by atoms with Gasteiger partial charge in [0.15, 0.2) is 0 Å². The van der Waals surface area contributed by atoms with Gasteiger partial charge in [-0.2, -0.15) is 0 Å². The van der Waals surface area contributed by atoms with Crippen LogP contribution in [-0.2, 0) is 4.79 Å². The molecular formula is C17H33N3O. The number of hydrogen-bond donors (Lipinski definition) is 1. The van der Waals surface area contributed by atoms with E-state index >= 15 is 0 Å². The molecule has 0 bridgehead atoms. The maximum absolute atomic E-state index is 12.4. The van der Waals surface area contributed by atoms with Gasteiger partial charge in [-0.05, 0) is 51.5 Å². The van der Waals surface area contributed by atoms with Crippen LogP contribution < -0.4 is 5.73 Å². The summed E-state index contributed by atoms with van der Waals surface area (Å²) in [4.78, 5) is 17.0. The molecule has 0 unspecified atom stereocenters. The van der Waals surface area contributed by atoms with Crippen LogP contribution in [0.25, 0.3) is 0 Å². The Bertz CT molecular complexity index is 334. The first-order valence-corrected chi connectivity index (χ1v) is 8.90. The summed E-state index contributed by atoms with van der Waals surface area (Å²) in [6.07, 6.45) is 8.22. The van der Waals surface area contributed by atoms with Gasteiger partial charge >= 0.3 is 0 Å². The smallest absolute Gasteiger partial charge is 0.239 e. The molecule has 0 aliphatic carbocycles. The number of amides is 1. The normalized spacial score (nSPS) is 29.4. The summed E-state index contributed by atoms with van der Waals surface area (Å²) in [5, 5.41) is 0. The van der Waals surface area contributed by atoms with Crippen LogP contribution in [0.15, 0.2) is 0 Å². The van der Waals surface area contributed by atoms with E-state index in [1.807, 2.05) is 4.90 Å². The van der Waals surface area contributed by atoms with Gasteiger partial charge in [0, 0.05) is 25.7 Å². The van der Waals surface area contributed by atoms with Crippen molar-refractivity contribution in [3.8, 4) is 0 Å². The highest BCUT2D eigenvalue weighted by atomic mass is 16.2. The summed E-state index contributed by atoms with van der Waals surface area (Å²) in [5.41, 5.74) is 6.01. The van der Waals surface area contributed by atoms with Gasteiger partial charge in [-0.25, -0.2) is 0 Å². The summed E-state index contributed by atoms with van der Waals surface area (Å²) in [6, 6.07) is 0.426. The van der Waals surface area contributed by atoms with Crippen molar-refractivity contribution in [2.75, 3.05) is 26.2 Å². The largest absolute Gasteiger partial charge is 0.341 e. The number of nitrogens with zero attached hydrogens (tertiary/aromatic N) is 2. The van der Waals surface area contributed by atoms with Crippen molar-refractivity contribution in [1.29, 1.82) is 0 Å². The Morgan fingerprint density at radius 1 is 1.24 bits per heavy atom. The van der Waals surface area contributed by atoms with E-state index in [4.69, 9.17) is 5.73 Å². The van der Waals surface area contributed by atoms with Gasteiger partial charge < -0.3 is 15.5 Å². The Balaban J connectivity index is 1.84. The van der Waals surface area contributed by atoms with Crippen LogP contribution in [0.1, 0.15) is 58.8 Å². The molecule has 0 aromatic carbocycles. The van der Waals surface area contributed by atoms with E-state index in [9.17, 15) is 4.79 Å². The highest BCUT2D eigenvalue weighted by molar-refractivity contribution is 5.81. The Hall–Kier alpha value is -0.610. The first-order chi connectivity index (χ1) is 10.1. The maximum Gasteiger partial charge on any atom is 0.239 e. The highest BCUT2D eigenvalue weighted by Crippen LogP contribution is 2.23. The van der Waals surface area contributed by atoms with Crippen LogP contribution >= 0.6 is 0 Å². The van der Waals surface area contributed by atoms with E-state index in [-0.39, 0.29) is 11.9 Å². The zero-order chi connectivity index (χ0) is 15.2. The summed E-state index contributed by atoms with van der Waals surface area (Å²) >= 11 is 0. The molecule has 1 amide bonds. The van der Waals surface area contributed by atoms with Gasteiger partial charge in [-0.3, -0.25) is 4.79 Å². The maximum atomic E-state index is 12.4. The fourth-order valence-corrected chi connectivity index (χ4v) is 3.84. The molecule has 2 heterocycles. The van der Waals surface area contributed by atoms with Crippen LogP contribution in [0.5, 0.6) is 0 Å². The Morgan fingerprint density at radius 2 is 2.05 bits per heavy atom. The van der Waals surface area contributed by atoms with Crippen LogP contribution in [-0.4, -0.2) is 54.0 Å². The molecule has 3 atom stereocenters. The molecule has 0 saturated carbocycles. The minimum Gasteiger partial charge on any atom is -0.341 e. The molecular weight excluding hydrogens is 262 g/mol. The molecule has 0 aromatic heterocycles. The molecule has 2 N–H and O–H groups in total. The zero-order valence-corrected chi connectivity index (χ0v) is 13.9. The molecule has 2 aliphatic rings. The minimum atomic E-state index is -0.289. The summed E-state index contributed by atoms with van der Waals surface area (Å²) in [7, 11) is 0. The summed E-state index contributed by atoms with van der Waals surface area (Å²) in [5.74, 6) is 0.810. The Morgan fingerprint density at radius 3 is 2.76 bits per heavy atom. The predicted octanol–water partition coefficient (Wildman–Crippen LogP) is 2.23. The summed E-state index contributed by atoms with van der Waals surface area (Å²) < 4.78 is 0. The fraction of sp³-hybridized carbons (Fsp3) is 0.941. The lowest BCUT2D eigenvalue weighted by Gasteiger charge is -2.40. The van der Waals surface area contributed by atoms with Gasteiger partial charge in [0.1, 0.15) is 0 Å². The number of carbonyl (C=O) groups excluding carboxylic acids is 1. The third kappa shape index (κ3) is 4.68. The third-order valence-electron chi connectivity index (χ3n) is 5.18. The molecule has 21 heavy (non-hydrogen) atoms. The average Bonchev–Trinajstić information content (AvgIpc) is 2.49. The van der Waals surface area contributed by atoms with E-state index in [1.54, 1.807) is 0 Å². The SMILES string of the molecule is CCC[C@H](N)C(=O)N1CCC[C@H](CN2CCCC[C@@H]2C)C1. The number of likely N-dealkylation sites (tertiary alicyclic amines) is 2. The molecule has 122 valence electrons. The topological polar surface area (TPSA) is 49.6 Å². The van der Waals surface area contributed by atoms with E-state index in [0.29, 0.717) is 12.0 Å². The Labute approximate surface area is 130 Å². The molecule has 4 nitrogen and oxygen atoms in total. The second-order valence-corrected chi connectivity index (χ2v) is 7.03. The monoisotopic (exact) mass is 295 g/mol. The average molecular weight is 295 g/mol. The first-order valence-electron chi connectivity index (χ1n) is 8.90. The van der Waals surface area contributed by atoms with Crippen molar-refractivity contribution < 1.29 is 4.79 Å². The van der Waals surface area contributed by atoms with Crippen LogP contribution in [0, 0.1) is 5.92 Å². The minimum absolute atomic E-state index is 0.174. The molecule has 2 saturated heterocycles. The molecule has 0 aromatic rings. The lowest BCUT2D eigenvalue weighted by atomic mass is 9.94. The molecule has 0 spiro atoms. The molecule has 4 heteroatoms. The van der Waals surface area contributed by atoms with Crippen LogP contribution in [0.4, 0.5) is 0 Å². The van der Waals surface area contributed by atoms with Crippen LogP contribution in [0.2, 0.25) is 0 Å². The highest BCUT2D eigenvalue weighted by Gasteiger charge is 2.29. The summed E-state index contributed by atoms with van der Waals surface area (Å²) in [6.45, 7) is 8.66. The van der Waals surface area contributed by atoms with E-state index in [2.05, 4.69) is 18.7 Å². The van der Waals surface area contributed by atoms with Gasteiger partial charge in [-0.1, -0.05) is 19.8 Å². The van der Waals surface area contributed by atoms with Crippen LogP contribution in [0.3, 0.4) is 0 Å². The lowest BCUT2D eigenvalue weighted by molar-refractivity contribution is -0.134. The number of carbonyl (C=O) groups is 1. The van der Waals surface area contributed by atoms with Crippen molar-refractivity contribution >= 4 is 5.91 Å². The zero-order valence-electron chi connectivity index (χ0n) is 13.9. The number of hydrogen-bond acceptors (Lipinski definition) is 3.